The monoisotopic (exact) mass is 417 g/mol. The summed E-state index contributed by atoms with van der Waals surface area (Å²) in [7, 11) is 1.85. The van der Waals surface area contributed by atoms with E-state index < -0.39 is 12.0 Å². The Hall–Kier alpha value is -2.87. The predicted molar refractivity (Wildman–Crippen MR) is 115 cm³/mol. The molecular weight excluding hydrogens is 384 g/mol. The van der Waals surface area contributed by atoms with E-state index in [1.807, 2.05) is 46.9 Å². The van der Waals surface area contributed by atoms with Gasteiger partial charge >= 0.3 is 12.0 Å². The highest BCUT2D eigenvalue weighted by Crippen LogP contribution is 2.21. The molecule has 1 aliphatic heterocycles. The summed E-state index contributed by atoms with van der Waals surface area (Å²) in [5, 5.41) is 8.47. The first-order chi connectivity index (χ1) is 14.2. The number of nitrogens with one attached hydrogen (secondary N) is 4. The molecule has 0 aliphatic carbocycles. The number of carbonyl (C=O) groups excluding carboxylic acids is 3. The van der Waals surface area contributed by atoms with Gasteiger partial charge in [-0.2, -0.15) is 0 Å². The Morgan fingerprint density at radius 1 is 1.17 bits per heavy atom. The number of ether oxygens (including phenoxy) is 1. The second kappa shape index (κ2) is 10.2. The summed E-state index contributed by atoms with van der Waals surface area (Å²) in [5.41, 5.74) is 4.92. The van der Waals surface area contributed by atoms with Crippen LogP contribution in [-0.4, -0.2) is 50.7 Å². The minimum atomic E-state index is -0.449. The second-order valence-electron chi connectivity index (χ2n) is 7.80. The quantitative estimate of drug-likeness (QED) is 0.474. The van der Waals surface area contributed by atoms with Crippen LogP contribution < -0.4 is 20.9 Å². The Bertz CT molecular complexity index is 840. The number of likely N-dealkylation sites (N-methyl/N-ethyl adjacent to an activating group) is 1. The van der Waals surface area contributed by atoms with Gasteiger partial charge in [-0.25, -0.2) is 9.59 Å². The number of anilines is 1. The fourth-order valence-corrected chi connectivity index (χ4v) is 3.80. The predicted octanol–water partition coefficient (Wildman–Crippen LogP) is 0.974. The van der Waals surface area contributed by atoms with E-state index in [0.717, 1.165) is 27.3 Å². The van der Waals surface area contributed by atoms with Crippen LogP contribution in [0.15, 0.2) is 23.4 Å². The largest absolute Gasteiger partial charge is 0.463 e. The van der Waals surface area contributed by atoms with Gasteiger partial charge in [-0.1, -0.05) is 24.6 Å². The van der Waals surface area contributed by atoms with Crippen LogP contribution in [0.2, 0.25) is 0 Å². The zero-order valence-electron chi connectivity index (χ0n) is 18.7. The number of aryl methyl sites for hydroxylation is 3. The lowest BCUT2D eigenvalue weighted by Gasteiger charge is -2.29. The minimum absolute atomic E-state index is 0.131. The van der Waals surface area contributed by atoms with Gasteiger partial charge in [-0.3, -0.25) is 4.79 Å². The third-order valence-corrected chi connectivity index (χ3v) is 5.03. The van der Waals surface area contributed by atoms with E-state index in [9.17, 15) is 14.4 Å². The fraction of sp³-hybridized carbons (Fsp3) is 0.500. The number of rotatable bonds is 8. The second-order valence-corrected chi connectivity index (χ2v) is 7.80. The molecule has 1 aromatic rings. The van der Waals surface area contributed by atoms with Gasteiger partial charge in [-0.05, 0) is 45.2 Å². The standard InChI is InChI=1S/C22H32N4O4/c1-7-16-19(21(28)30-8-2)17(24-22(29)23-16)11-26(6)12-18(27)25-20-14(4)9-13(3)10-15(20)5/h9-10,16H,7-8,11-12H2,1-6H3,(H,25,27)(H2,23,24,29)/p+1/t16-/m0/s1. The molecule has 0 spiro atoms. The summed E-state index contributed by atoms with van der Waals surface area (Å²) < 4.78 is 5.18. The lowest BCUT2D eigenvalue weighted by atomic mass is 10.00. The van der Waals surface area contributed by atoms with Crippen molar-refractivity contribution in [3.8, 4) is 0 Å². The maximum absolute atomic E-state index is 12.6. The zero-order valence-corrected chi connectivity index (χ0v) is 18.7. The number of benzene rings is 1. The van der Waals surface area contributed by atoms with Gasteiger partial charge < -0.3 is 25.6 Å². The molecule has 1 heterocycles. The van der Waals surface area contributed by atoms with Crippen molar-refractivity contribution in [2.45, 2.75) is 47.1 Å². The third kappa shape index (κ3) is 5.82. The first kappa shape index (κ1) is 23.4. The molecule has 0 bridgehead atoms. The Morgan fingerprint density at radius 3 is 2.37 bits per heavy atom. The van der Waals surface area contributed by atoms with Crippen molar-refractivity contribution in [2.24, 2.45) is 0 Å². The Balaban J connectivity index is 2.14. The molecule has 2 rings (SSSR count). The highest BCUT2D eigenvalue weighted by molar-refractivity contribution is 5.95. The third-order valence-electron chi connectivity index (χ3n) is 5.03. The SMILES string of the molecule is CCOC(=O)C1=C(C[NH+](C)CC(=O)Nc2c(C)cc(C)cc2C)NC(=O)N[C@H]1CC. The summed E-state index contributed by atoms with van der Waals surface area (Å²) in [6.45, 7) is 10.4. The van der Waals surface area contributed by atoms with E-state index in [1.54, 1.807) is 6.92 Å². The first-order valence-corrected chi connectivity index (χ1v) is 10.3. The number of hydrogen-bond donors (Lipinski definition) is 4. The summed E-state index contributed by atoms with van der Waals surface area (Å²) in [6, 6.07) is 3.30. The molecule has 8 nitrogen and oxygen atoms in total. The summed E-state index contributed by atoms with van der Waals surface area (Å²) >= 11 is 0. The molecule has 0 fully saturated rings. The van der Waals surface area contributed by atoms with E-state index in [4.69, 9.17) is 4.74 Å². The van der Waals surface area contributed by atoms with Crippen LogP contribution in [0.3, 0.4) is 0 Å². The van der Waals surface area contributed by atoms with Crippen molar-refractivity contribution >= 4 is 23.6 Å². The van der Waals surface area contributed by atoms with E-state index >= 15 is 0 Å². The molecule has 30 heavy (non-hydrogen) atoms. The van der Waals surface area contributed by atoms with Crippen LogP contribution in [-0.2, 0) is 14.3 Å². The van der Waals surface area contributed by atoms with E-state index in [1.165, 1.54) is 0 Å². The van der Waals surface area contributed by atoms with E-state index in [0.29, 0.717) is 24.2 Å². The van der Waals surface area contributed by atoms with Gasteiger partial charge in [0, 0.05) is 5.69 Å². The Labute approximate surface area is 178 Å². The molecule has 8 heteroatoms. The number of carbonyl (C=O) groups is 3. The molecule has 0 saturated heterocycles. The lowest BCUT2D eigenvalue weighted by molar-refractivity contribution is -0.866. The smallest absolute Gasteiger partial charge is 0.338 e. The van der Waals surface area contributed by atoms with Crippen molar-refractivity contribution < 1.29 is 24.0 Å². The molecule has 1 unspecified atom stereocenters. The van der Waals surface area contributed by atoms with Crippen molar-refractivity contribution in [3.05, 3.63) is 40.1 Å². The van der Waals surface area contributed by atoms with Gasteiger partial charge in [0.05, 0.1) is 31.0 Å². The number of urea groups is 1. The minimum Gasteiger partial charge on any atom is -0.463 e. The number of esters is 1. The van der Waals surface area contributed by atoms with Gasteiger partial charge in [0.15, 0.2) is 6.54 Å². The summed E-state index contributed by atoms with van der Waals surface area (Å²) in [5.74, 6) is -0.580. The van der Waals surface area contributed by atoms with Crippen LogP contribution >= 0.6 is 0 Å². The summed E-state index contributed by atoms with van der Waals surface area (Å²) in [6.07, 6.45) is 0.566. The molecule has 3 amide bonds. The number of quaternary nitrogens is 1. The molecule has 0 saturated carbocycles. The zero-order chi connectivity index (χ0) is 22.4. The Morgan fingerprint density at radius 2 is 1.80 bits per heavy atom. The van der Waals surface area contributed by atoms with Crippen molar-refractivity contribution in [2.75, 3.05) is 32.1 Å². The molecule has 0 aromatic heterocycles. The van der Waals surface area contributed by atoms with Gasteiger partial charge in [0.2, 0.25) is 0 Å². The van der Waals surface area contributed by atoms with Crippen LogP contribution in [0.25, 0.3) is 0 Å². The lowest BCUT2D eigenvalue weighted by Crippen LogP contribution is -3.10. The van der Waals surface area contributed by atoms with E-state index in [-0.39, 0.29) is 25.1 Å². The number of hydrogen-bond acceptors (Lipinski definition) is 4. The van der Waals surface area contributed by atoms with Crippen LogP contribution in [0, 0.1) is 20.8 Å². The first-order valence-electron chi connectivity index (χ1n) is 10.3. The molecule has 164 valence electrons. The Kier molecular flexibility index (Phi) is 8.00. The van der Waals surface area contributed by atoms with Crippen LogP contribution in [0.1, 0.15) is 37.0 Å². The molecule has 1 aliphatic rings. The van der Waals surface area contributed by atoms with Gasteiger partial charge in [-0.15, -0.1) is 0 Å². The summed E-state index contributed by atoms with van der Waals surface area (Å²) in [4.78, 5) is 37.9. The van der Waals surface area contributed by atoms with Crippen LogP contribution in [0.4, 0.5) is 10.5 Å². The van der Waals surface area contributed by atoms with Crippen molar-refractivity contribution in [1.29, 1.82) is 0 Å². The van der Waals surface area contributed by atoms with E-state index in [2.05, 4.69) is 16.0 Å². The molecular formula is C22H33N4O4+. The number of amides is 3. The van der Waals surface area contributed by atoms with Crippen LogP contribution in [0.5, 0.6) is 0 Å². The fourth-order valence-electron chi connectivity index (χ4n) is 3.80. The average Bonchev–Trinajstić information content (AvgIpc) is 2.64. The molecule has 1 aromatic carbocycles. The van der Waals surface area contributed by atoms with Crippen molar-refractivity contribution in [1.82, 2.24) is 10.6 Å². The average molecular weight is 418 g/mol. The normalized spacial score (nSPS) is 17.1. The maximum atomic E-state index is 12.6. The maximum Gasteiger partial charge on any atom is 0.338 e. The van der Waals surface area contributed by atoms with Gasteiger partial charge in [0.1, 0.15) is 6.54 Å². The topological polar surface area (TPSA) is 101 Å². The molecule has 4 N–H and O–H groups in total. The molecule has 2 atom stereocenters. The highest BCUT2D eigenvalue weighted by atomic mass is 16.5. The van der Waals surface area contributed by atoms with Gasteiger partial charge in [0.25, 0.3) is 5.91 Å². The highest BCUT2D eigenvalue weighted by Gasteiger charge is 2.33. The van der Waals surface area contributed by atoms with Crippen molar-refractivity contribution in [3.63, 3.8) is 0 Å². The molecule has 0 radical (unpaired) electrons.